The van der Waals surface area contributed by atoms with E-state index in [4.69, 9.17) is 9.47 Å². The summed E-state index contributed by atoms with van der Waals surface area (Å²) >= 11 is 0. The van der Waals surface area contributed by atoms with Crippen molar-refractivity contribution < 1.29 is 9.47 Å². The van der Waals surface area contributed by atoms with Gasteiger partial charge in [-0.3, -0.25) is 0 Å². The lowest BCUT2D eigenvalue weighted by molar-refractivity contribution is 0.297. The van der Waals surface area contributed by atoms with Crippen molar-refractivity contribution in [3.05, 3.63) is 111 Å². The van der Waals surface area contributed by atoms with Gasteiger partial charge in [0.2, 0.25) is 0 Å². The number of hydrogen-bond donors (Lipinski definition) is 0. The maximum absolute atomic E-state index is 6.88. The van der Waals surface area contributed by atoms with Gasteiger partial charge in [0.25, 0.3) is 6.71 Å². The molecule has 4 nitrogen and oxygen atoms in total. The average Bonchev–Trinajstić information content (AvgIpc) is 3.44. The molecule has 0 aromatic heterocycles. The highest BCUT2D eigenvalue weighted by molar-refractivity contribution is 7.00. The van der Waals surface area contributed by atoms with Crippen LogP contribution in [0.4, 0.5) is 34.1 Å². The van der Waals surface area contributed by atoms with E-state index in [1.54, 1.807) is 0 Å². The van der Waals surface area contributed by atoms with Gasteiger partial charge in [-0.05, 0) is 171 Å². The molecule has 0 N–H and O–H groups in total. The molecule has 0 saturated carbocycles. The summed E-state index contributed by atoms with van der Waals surface area (Å²) in [6, 6.07) is 27.1. The molecule has 5 heteroatoms. The molecule has 5 aliphatic rings. The minimum atomic E-state index is -0.00569. The molecule has 0 bridgehead atoms. The monoisotopic (exact) mass is 811 g/mol. The second kappa shape index (κ2) is 13.2. The van der Waals surface area contributed by atoms with Crippen LogP contribution in [0.2, 0.25) is 0 Å². The van der Waals surface area contributed by atoms with Crippen molar-refractivity contribution in [1.29, 1.82) is 0 Å². The highest BCUT2D eigenvalue weighted by atomic mass is 16.5. The fraction of sp³-hybridized carbons (Fsp3) is 0.464. The Labute approximate surface area is 367 Å². The standard InChI is InChI=1S/C56H67BN2O2/c1-33-26-45-48-46(27-33)59(49-34(2)28-36(29-35(49)3)52(4,5)6)50-42(18-19-47-51(50)61-25-15-24-60-47)57(48)43-31-40-41(56(13,14)23-22-55(40,11)12)32-44(43)58(45)37-16-17-38-39(30-37)54(9,10)21-20-53(38,7)8/h16-19,26-32H,15,20-25H2,1-14H3. The van der Waals surface area contributed by atoms with Crippen LogP contribution in [0.25, 0.3) is 0 Å². The van der Waals surface area contributed by atoms with Gasteiger partial charge in [0, 0.05) is 29.2 Å². The van der Waals surface area contributed by atoms with E-state index in [-0.39, 0.29) is 33.8 Å². The summed E-state index contributed by atoms with van der Waals surface area (Å²) in [6.07, 6.45) is 5.58. The molecule has 2 aliphatic carbocycles. The lowest BCUT2D eigenvalue weighted by Crippen LogP contribution is -2.62. The van der Waals surface area contributed by atoms with E-state index in [9.17, 15) is 0 Å². The van der Waals surface area contributed by atoms with Gasteiger partial charge in [-0.25, -0.2) is 0 Å². The molecule has 3 heterocycles. The number of benzene rings is 5. The van der Waals surface area contributed by atoms with Crippen LogP contribution in [0.15, 0.2) is 66.7 Å². The lowest BCUT2D eigenvalue weighted by atomic mass is 9.33. The van der Waals surface area contributed by atoms with Gasteiger partial charge in [0.15, 0.2) is 11.5 Å². The van der Waals surface area contributed by atoms with Gasteiger partial charge in [-0.1, -0.05) is 106 Å². The van der Waals surface area contributed by atoms with E-state index in [2.05, 4.69) is 173 Å². The van der Waals surface area contributed by atoms with Crippen molar-refractivity contribution in [2.24, 2.45) is 0 Å². The molecule has 0 unspecified atom stereocenters. The third kappa shape index (κ3) is 6.06. The summed E-state index contributed by atoms with van der Waals surface area (Å²) in [6.45, 7) is 34.8. The molecule has 0 atom stereocenters. The number of fused-ring (bicyclic) bond motifs is 8. The van der Waals surface area contributed by atoms with Crippen molar-refractivity contribution in [2.75, 3.05) is 23.0 Å². The van der Waals surface area contributed by atoms with Crippen LogP contribution in [0.3, 0.4) is 0 Å². The minimum Gasteiger partial charge on any atom is -0.489 e. The van der Waals surface area contributed by atoms with E-state index in [1.807, 2.05) is 0 Å². The van der Waals surface area contributed by atoms with Crippen LogP contribution in [-0.4, -0.2) is 19.9 Å². The van der Waals surface area contributed by atoms with Gasteiger partial charge < -0.3 is 19.3 Å². The summed E-state index contributed by atoms with van der Waals surface area (Å²) in [5.74, 6) is 1.70. The van der Waals surface area contributed by atoms with Crippen LogP contribution in [0.5, 0.6) is 11.5 Å². The van der Waals surface area contributed by atoms with Gasteiger partial charge in [0.1, 0.15) is 0 Å². The first-order valence-electron chi connectivity index (χ1n) is 23.2. The predicted octanol–water partition coefficient (Wildman–Crippen LogP) is 12.9. The second-order valence-electron chi connectivity index (χ2n) is 23.1. The zero-order valence-corrected chi connectivity index (χ0v) is 39.6. The van der Waals surface area contributed by atoms with E-state index in [0.717, 1.165) is 23.6 Å². The summed E-state index contributed by atoms with van der Waals surface area (Å²) in [5, 5.41) is 0. The zero-order chi connectivity index (χ0) is 43.3. The van der Waals surface area contributed by atoms with Gasteiger partial charge >= 0.3 is 0 Å². The van der Waals surface area contributed by atoms with Crippen molar-refractivity contribution in [3.8, 4) is 11.5 Å². The molecule has 0 spiro atoms. The number of hydrogen-bond acceptors (Lipinski definition) is 4. The maximum Gasteiger partial charge on any atom is 0.252 e. The van der Waals surface area contributed by atoms with Crippen molar-refractivity contribution in [1.82, 2.24) is 0 Å². The Bertz CT molecular complexity index is 2650. The summed E-state index contributed by atoms with van der Waals surface area (Å²) in [4.78, 5) is 5.25. The summed E-state index contributed by atoms with van der Waals surface area (Å²) in [7, 11) is 0. The topological polar surface area (TPSA) is 24.9 Å². The summed E-state index contributed by atoms with van der Waals surface area (Å²) in [5.41, 5.74) is 22.9. The quantitative estimate of drug-likeness (QED) is 0.162. The third-order valence-electron chi connectivity index (χ3n) is 15.7. The predicted molar refractivity (Wildman–Crippen MR) is 260 cm³/mol. The highest BCUT2D eigenvalue weighted by Gasteiger charge is 2.48. The van der Waals surface area contributed by atoms with Crippen LogP contribution in [-0.2, 0) is 27.1 Å². The maximum atomic E-state index is 6.88. The first kappa shape index (κ1) is 40.4. The van der Waals surface area contributed by atoms with Crippen molar-refractivity contribution in [2.45, 2.75) is 156 Å². The Kier molecular flexibility index (Phi) is 8.75. The van der Waals surface area contributed by atoms with E-state index in [0.29, 0.717) is 13.2 Å². The highest BCUT2D eigenvalue weighted by Crippen LogP contribution is 2.55. The van der Waals surface area contributed by atoms with Gasteiger partial charge in [-0.15, -0.1) is 0 Å². The molecule has 3 aliphatic heterocycles. The van der Waals surface area contributed by atoms with Crippen molar-refractivity contribution >= 4 is 57.2 Å². The number of ether oxygens (including phenoxy) is 2. The number of nitrogens with zero attached hydrogens (tertiary/aromatic N) is 2. The van der Waals surface area contributed by atoms with E-state index in [1.165, 1.54) is 115 Å². The Morgan fingerprint density at radius 2 is 1.10 bits per heavy atom. The molecule has 316 valence electrons. The van der Waals surface area contributed by atoms with Crippen molar-refractivity contribution in [3.63, 3.8) is 0 Å². The largest absolute Gasteiger partial charge is 0.489 e. The molecule has 0 saturated heterocycles. The fourth-order valence-electron chi connectivity index (χ4n) is 11.9. The second-order valence-corrected chi connectivity index (χ2v) is 23.1. The molecular weight excluding hydrogens is 743 g/mol. The minimum absolute atomic E-state index is 0.00569. The Hall–Kier alpha value is -4.64. The first-order valence-corrected chi connectivity index (χ1v) is 23.2. The average molecular weight is 811 g/mol. The number of rotatable bonds is 2. The molecule has 0 amide bonds. The van der Waals surface area contributed by atoms with E-state index >= 15 is 0 Å². The van der Waals surface area contributed by atoms with Crippen LogP contribution >= 0.6 is 0 Å². The Balaban J connectivity index is 1.34. The van der Waals surface area contributed by atoms with Crippen LogP contribution in [0.1, 0.15) is 153 Å². The molecule has 0 radical (unpaired) electrons. The van der Waals surface area contributed by atoms with Crippen LogP contribution < -0.4 is 35.7 Å². The first-order chi connectivity index (χ1) is 28.6. The SMILES string of the molecule is Cc1cc2c3c(c1)N(c1c(C)cc(C(C)(C)C)cc1C)c1c(ccc4c1OCCCO4)B3c1cc3c(cc1N2c1ccc2c(c1)C(C)(C)CCC2(C)C)C(C)(C)CCC3(C)C. The molecule has 61 heavy (non-hydrogen) atoms. The third-order valence-corrected chi connectivity index (χ3v) is 15.7. The lowest BCUT2D eigenvalue weighted by Gasteiger charge is -2.48. The Morgan fingerprint density at radius 3 is 1.72 bits per heavy atom. The zero-order valence-electron chi connectivity index (χ0n) is 39.6. The molecule has 5 aromatic rings. The van der Waals surface area contributed by atoms with Gasteiger partial charge in [0.05, 0.1) is 24.6 Å². The normalized spacial score (nSPS) is 19.9. The number of aryl methyl sites for hydroxylation is 3. The number of anilines is 6. The molecular formula is C56H67BN2O2. The summed E-state index contributed by atoms with van der Waals surface area (Å²) < 4.78 is 13.4. The van der Waals surface area contributed by atoms with Crippen LogP contribution in [0, 0.1) is 20.8 Å². The molecule has 10 rings (SSSR count). The fourth-order valence-corrected chi connectivity index (χ4v) is 11.9. The smallest absolute Gasteiger partial charge is 0.252 e. The van der Waals surface area contributed by atoms with Gasteiger partial charge in [-0.2, -0.15) is 0 Å². The molecule has 0 fully saturated rings. The molecule has 5 aromatic carbocycles. The van der Waals surface area contributed by atoms with E-state index < -0.39 is 0 Å². The Morgan fingerprint density at radius 1 is 0.541 bits per heavy atom.